The van der Waals surface area contributed by atoms with E-state index in [1.807, 2.05) is 0 Å². The van der Waals surface area contributed by atoms with Crippen LogP contribution >= 0.6 is 0 Å². The summed E-state index contributed by atoms with van der Waals surface area (Å²) >= 11 is 0. The third-order valence-corrected chi connectivity index (χ3v) is 4.33. The lowest BCUT2D eigenvalue weighted by Gasteiger charge is -2.38. The van der Waals surface area contributed by atoms with E-state index in [0.717, 1.165) is 32.1 Å². The third kappa shape index (κ3) is 3.56. The van der Waals surface area contributed by atoms with Crippen molar-refractivity contribution in [2.45, 2.75) is 37.9 Å². The number of benzene rings is 1. The molecule has 1 aliphatic heterocycles. The number of rotatable bonds is 5. The van der Waals surface area contributed by atoms with Crippen LogP contribution in [0.15, 0.2) is 30.3 Å². The van der Waals surface area contributed by atoms with Crippen LogP contribution in [-0.4, -0.2) is 41.8 Å². The highest BCUT2D eigenvalue weighted by molar-refractivity contribution is 5.14. The average Bonchev–Trinajstić information content (AvgIpc) is 3.26. The quantitative estimate of drug-likeness (QED) is 0.844. The van der Waals surface area contributed by atoms with Crippen molar-refractivity contribution in [2.75, 3.05) is 19.7 Å². The molecule has 19 heavy (non-hydrogen) atoms. The zero-order valence-electron chi connectivity index (χ0n) is 11.5. The molecule has 3 heteroatoms. The molecule has 0 radical (unpaired) electrons. The maximum absolute atomic E-state index is 9.61. The molecule has 1 aromatic rings. The largest absolute Gasteiger partial charge is 0.396 e. The molecule has 0 amide bonds. The Morgan fingerprint density at radius 1 is 1.16 bits per heavy atom. The van der Waals surface area contributed by atoms with Crippen LogP contribution in [0.3, 0.4) is 0 Å². The van der Waals surface area contributed by atoms with Gasteiger partial charge in [-0.15, -0.1) is 0 Å². The maximum atomic E-state index is 9.61. The van der Waals surface area contributed by atoms with Crippen molar-refractivity contribution < 1.29 is 5.11 Å². The molecule has 0 unspecified atom stereocenters. The molecule has 2 atom stereocenters. The van der Waals surface area contributed by atoms with E-state index in [4.69, 9.17) is 0 Å². The van der Waals surface area contributed by atoms with Gasteiger partial charge in [0.1, 0.15) is 0 Å². The summed E-state index contributed by atoms with van der Waals surface area (Å²) in [6.07, 6.45) is 3.80. The highest BCUT2D eigenvalue weighted by Gasteiger charge is 2.32. The molecule has 0 spiro atoms. The Morgan fingerprint density at radius 2 is 1.95 bits per heavy atom. The molecule has 104 valence electrons. The third-order valence-electron chi connectivity index (χ3n) is 4.33. The predicted molar refractivity (Wildman–Crippen MR) is 76.9 cm³/mol. The van der Waals surface area contributed by atoms with Gasteiger partial charge in [0.25, 0.3) is 0 Å². The lowest BCUT2D eigenvalue weighted by Crippen LogP contribution is -2.50. The van der Waals surface area contributed by atoms with Crippen LogP contribution in [-0.2, 0) is 6.54 Å². The summed E-state index contributed by atoms with van der Waals surface area (Å²) in [6, 6.07) is 11.9. The van der Waals surface area contributed by atoms with Gasteiger partial charge in [0.15, 0.2) is 0 Å². The first kappa shape index (κ1) is 13.1. The fourth-order valence-corrected chi connectivity index (χ4v) is 3.05. The SMILES string of the molecule is OC[C@H]1CN(Cc2ccccc2)CC[C@H]1NC1CC1. The van der Waals surface area contributed by atoms with Gasteiger partial charge in [-0.25, -0.2) is 0 Å². The van der Waals surface area contributed by atoms with E-state index >= 15 is 0 Å². The minimum absolute atomic E-state index is 0.301. The number of likely N-dealkylation sites (tertiary alicyclic amines) is 1. The van der Waals surface area contributed by atoms with Crippen LogP contribution in [0.25, 0.3) is 0 Å². The monoisotopic (exact) mass is 260 g/mol. The molecule has 1 saturated carbocycles. The second kappa shape index (κ2) is 6.04. The average molecular weight is 260 g/mol. The Bertz CT molecular complexity index is 391. The topological polar surface area (TPSA) is 35.5 Å². The summed E-state index contributed by atoms with van der Waals surface area (Å²) in [5, 5.41) is 13.3. The fraction of sp³-hybridized carbons (Fsp3) is 0.625. The van der Waals surface area contributed by atoms with Gasteiger partial charge in [-0.1, -0.05) is 30.3 Å². The summed E-state index contributed by atoms with van der Waals surface area (Å²) in [4.78, 5) is 2.47. The van der Waals surface area contributed by atoms with Gasteiger partial charge in [0.05, 0.1) is 0 Å². The first-order valence-corrected chi connectivity index (χ1v) is 7.48. The lowest BCUT2D eigenvalue weighted by molar-refractivity contribution is 0.0849. The van der Waals surface area contributed by atoms with Gasteiger partial charge >= 0.3 is 0 Å². The number of hydrogen-bond donors (Lipinski definition) is 2. The number of nitrogens with one attached hydrogen (secondary N) is 1. The number of piperidine rings is 1. The van der Waals surface area contributed by atoms with Gasteiger partial charge < -0.3 is 10.4 Å². The molecular weight excluding hydrogens is 236 g/mol. The summed E-state index contributed by atoms with van der Waals surface area (Å²) in [5.41, 5.74) is 1.37. The normalized spacial score (nSPS) is 28.5. The summed E-state index contributed by atoms with van der Waals surface area (Å²) in [5.74, 6) is 0.387. The minimum atomic E-state index is 0.301. The zero-order valence-corrected chi connectivity index (χ0v) is 11.5. The van der Waals surface area contributed by atoms with Crippen molar-refractivity contribution in [3.8, 4) is 0 Å². The Kier molecular flexibility index (Phi) is 4.16. The molecule has 0 aromatic heterocycles. The van der Waals surface area contributed by atoms with Gasteiger partial charge in [-0.05, 0) is 31.4 Å². The van der Waals surface area contributed by atoms with Gasteiger partial charge in [-0.3, -0.25) is 4.90 Å². The van der Waals surface area contributed by atoms with E-state index < -0.39 is 0 Å². The maximum Gasteiger partial charge on any atom is 0.0486 e. The summed E-state index contributed by atoms with van der Waals surface area (Å²) < 4.78 is 0. The molecular formula is C16H24N2O. The summed E-state index contributed by atoms with van der Waals surface area (Å²) in [7, 11) is 0. The molecule has 0 bridgehead atoms. The second-order valence-corrected chi connectivity index (χ2v) is 6.00. The first-order chi connectivity index (χ1) is 9.35. The fourth-order valence-electron chi connectivity index (χ4n) is 3.05. The van der Waals surface area contributed by atoms with Crippen LogP contribution in [0.1, 0.15) is 24.8 Å². The lowest BCUT2D eigenvalue weighted by atomic mass is 9.92. The number of nitrogens with zero attached hydrogens (tertiary/aromatic N) is 1. The van der Waals surface area contributed by atoms with Gasteiger partial charge in [0, 0.05) is 37.7 Å². The molecule has 2 N–H and O–H groups in total. The summed E-state index contributed by atoms with van der Waals surface area (Å²) in [6.45, 7) is 3.45. The predicted octanol–water partition coefficient (Wildman–Crippen LogP) is 1.62. The van der Waals surface area contributed by atoms with Crippen LogP contribution in [0, 0.1) is 5.92 Å². The molecule has 2 fully saturated rings. The van der Waals surface area contributed by atoms with Gasteiger partial charge in [0.2, 0.25) is 0 Å². The van der Waals surface area contributed by atoms with Crippen LogP contribution < -0.4 is 5.32 Å². The second-order valence-electron chi connectivity index (χ2n) is 6.00. The van der Waals surface area contributed by atoms with Crippen LogP contribution in [0.4, 0.5) is 0 Å². The first-order valence-electron chi connectivity index (χ1n) is 7.48. The van der Waals surface area contributed by atoms with Crippen LogP contribution in [0.5, 0.6) is 0 Å². The number of aliphatic hydroxyl groups excluding tert-OH is 1. The Labute approximate surface area is 115 Å². The Balaban J connectivity index is 1.54. The molecule has 3 nitrogen and oxygen atoms in total. The Hall–Kier alpha value is -0.900. The van der Waals surface area contributed by atoms with Crippen molar-refractivity contribution in [1.29, 1.82) is 0 Å². The van der Waals surface area contributed by atoms with E-state index in [1.165, 1.54) is 18.4 Å². The molecule has 1 aromatic carbocycles. The highest BCUT2D eigenvalue weighted by Crippen LogP contribution is 2.25. The zero-order chi connectivity index (χ0) is 13.1. The van der Waals surface area contributed by atoms with E-state index in [9.17, 15) is 5.11 Å². The smallest absolute Gasteiger partial charge is 0.0486 e. The van der Waals surface area contributed by atoms with E-state index in [0.29, 0.717) is 18.6 Å². The number of hydrogen-bond acceptors (Lipinski definition) is 3. The van der Waals surface area contributed by atoms with Crippen LogP contribution in [0.2, 0.25) is 0 Å². The molecule has 2 aliphatic rings. The van der Waals surface area contributed by atoms with Crippen molar-refractivity contribution in [1.82, 2.24) is 10.2 Å². The van der Waals surface area contributed by atoms with Crippen molar-refractivity contribution in [3.05, 3.63) is 35.9 Å². The standard InChI is InChI=1S/C16H24N2O/c19-12-14-11-18(10-13-4-2-1-3-5-13)9-8-16(14)17-15-6-7-15/h1-5,14-17,19H,6-12H2/t14-,16-/m1/s1. The molecule has 1 heterocycles. The number of aliphatic hydroxyl groups is 1. The molecule has 1 saturated heterocycles. The molecule has 1 aliphatic carbocycles. The van der Waals surface area contributed by atoms with E-state index in [2.05, 4.69) is 40.5 Å². The van der Waals surface area contributed by atoms with Crippen molar-refractivity contribution in [2.24, 2.45) is 5.92 Å². The Morgan fingerprint density at radius 3 is 2.63 bits per heavy atom. The van der Waals surface area contributed by atoms with Crippen molar-refractivity contribution in [3.63, 3.8) is 0 Å². The minimum Gasteiger partial charge on any atom is -0.396 e. The van der Waals surface area contributed by atoms with Crippen molar-refractivity contribution >= 4 is 0 Å². The highest BCUT2D eigenvalue weighted by atomic mass is 16.3. The molecule has 3 rings (SSSR count). The van der Waals surface area contributed by atoms with E-state index in [1.54, 1.807) is 0 Å². The van der Waals surface area contributed by atoms with E-state index in [-0.39, 0.29) is 0 Å². The van der Waals surface area contributed by atoms with Gasteiger partial charge in [-0.2, -0.15) is 0 Å².